The zero-order valence-electron chi connectivity index (χ0n) is 12.2. The first-order valence-electron chi connectivity index (χ1n) is 7.20. The average molecular weight is 280 g/mol. The van der Waals surface area contributed by atoms with Gasteiger partial charge in [-0.05, 0) is 19.3 Å². The summed E-state index contributed by atoms with van der Waals surface area (Å²) in [5.41, 5.74) is -0.422. The minimum atomic E-state index is -1.11. The Balaban J connectivity index is 1.68. The van der Waals surface area contributed by atoms with E-state index < -0.39 is 5.60 Å². The van der Waals surface area contributed by atoms with E-state index in [1.165, 1.54) is 19.3 Å². The molecule has 0 radical (unpaired) electrons. The van der Waals surface area contributed by atoms with Gasteiger partial charge in [-0.1, -0.05) is 19.3 Å². The van der Waals surface area contributed by atoms with Gasteiger partial charge in [0, 0.05) is 25.4 Å². The van der Waals surface area contributed by atoms with Crippen LogP contribution in [0.15, 0.2) is 12.4 Å². The van der Waals surface area contributed by atoms with E-state index in [2.05, 4.69) is 15.7 Å². The Kier molecular flexibility index (Phi) is 4.65. The van der Waals surface area contributed by atoms with Crippen LogP contribution in [0.3, 0.4) is 0 Å². The minimum Gasteiger partial charge on any atom is -0.383 e. The molecule has 0 aliphatic heterocycles. The fourth-order valence-corrected chi connectivity index (χ4v) is 2.29. The van der Waals surface area contributed by atoms with Crippen LogP contribution < -0.4 is 10.6 Å². The Morgan fingerprint density at radius 2 is 2.30 bits per heavy atom. The van der Waals surface area contributed by atoms with Gasteiger partial charge in [-0.25, -0.2) is 4.79 Å². The molecule has 0 aromatic carbocycles. The van der Waals surface area contributed by atoms with Gasteiger partial charge in [0.25, 0.3) is 0 Å². The highest BCUT2D eigenvalue weighted by Crippen LogP contribution is 2.28. The Hall–Kier alpha value is -1.56. The molecule has 1 fully saturated rings. The van der Waals surface area contributed by atoms with Gasteiger partial charge in [-0.2, -0.15) is 5.10 Å². The third-order valence-electron chi connectivity index (χ3n) is 3.98. The molecule has 1 aromatic rings. The van der Waals surface area contributed by atoms with Crippen LogP contribution >= 0.6 is 0 Å². The van der Waals surface area contributed by atoms with Crippen LogP contribution in [-0.4, -0.2) is 34.0 Å². The molecule has 1 aliphatic carbocycles. The summed E-state index contributed by atoms with van der Waals surface area (Å²) >= 11 is 0. The predicted octanol–water partition coefficient (Wildman–Crippen LogP) is 1.12. The lowest BCUT2D eigenvalue weighted by Crippen LogP contribution is -2.43. The molecule has 6 heteroatoms. The van der Waals surface area contributed by atoms with Crippen LogP contribution in [0.5, 0.6) is 0 Å². The molecule has 2 amide bonds. The van der Waals surface area contributed by atoms with E-state index >= 15 is 0 Å². The van der Waals surface area contributed by atoms with Crippen molar-refractivity contribution in [2.24, 2.45) is 13.0 Å². The number of hydrogen-bond acceptors (Lipinski definition) is 3. The zero-order valence-corrected chi connectivity index (χ0v) is 12.2. The third kappa shape index (κ3) is 3.96. The van der Waals surface area contributed by atoms with E-state index in [0.717, 1.165) is 12.3 Å². The zero-order chi connectivity index (χ0) is 14.6. The molecule has 6 nitrogen and oxygen atoms in total. The van der Waals surface area contributed by atoms with Gasteiger partial charge in [0.1, 0.15) is 5.60 Å². The van der Waals surface area contributed by atoms with E-state index in [9.17, 15) is 9.90 Å². The molecule has 20 heavy (non-hydrogen) atoms. The van der Waals surface area contributed by atoms with Crippen LogP contribution in [0.1, 0.15) is 38.2 Å². The summed E-state index contributed by atoms with van der Waals surface area (Å²) in [5, 5.41) is 19.9. The highest BCUT2D eigenvalue weighted by molar-refractivity contribution is 5.73. The SMILES string of the molecule is Cn1cc(C(C)(O)CNC(=O)NCCC2CCC2)cn1. The summed E-state index contributed by atoms with van der Waals surface area (Å²) in [4.78, 5) is 11.7. The quantitative estimate of drug-likeness (QED) is 0.730. The maximum absolute atomic E-state index is 11.7. The number of urea groups is 1. The molecular formula is C14H24N4O2. The van der Waals surface area contributed by atoms with Gasteiger partial charge in [-0.15, -0.1) is 0 Å². The molecule has 1 heterocycles. The van der Waals surface area contributed by atoms with Gasteiger partial charge in [-0.3, -0.25) is 4.68 Å². The standard InChI is InChI=1S/C14H24N4O2/c1-14(20,12-8-17-18(2)9-12)10-16-13(19)15-7-6-11-4-3-5-11/h8-9,11,20H,3-7,10H2,1-2H3,(H2,15,16,19). The molecule has 3 N–H and O–H groups in total. The summed E-state index contributed by atoms with van der Waals surface area (Å²) in [6, 6.07) is -0.228. The maximum Gasteiger partial charge on any atom is 0.314 e. The number of aryl methyl sites for hydroxylation is 1. The molecule has 0 bridgehead atoms. The molecule has 0 saturated heterocycles. The highest BCUT2D eigenvalue weighted by atomic mass is 16.3. The average Bonchev–Trinajstić information content (AvgIpc) is 2.77. The Morgan fingerprint density at radius 1 is 1.55 bits per heavy atom. The van der Waals surface area contributed by atoms with Gasteiger partial charge in [0.05, 0.1) is 12.7 Å². The topological polar surface area (TPSA) is 79.2 Å². The van der Waals surface area contributed by atoms with Gasteiger partial charge in [0.2, 0.25) is 0 Å². The van der Waals surface area contributed by atoms with E-state index in [0.29, 0.717) is 12.1 Å². The van der Waals surface area contributed by atoms with E-state index in [4.69, 9.17) is 0 Å². The number of aromatic nitrogens is 2. The Labute approximate surface area is 119 Å². The summed E-state index contributed by atoms with van der Waals surface area (Å²) in [7, 11) is 1.79. The summed E-state index contributed by atoms with van der Waals surface area (Å²) in [6.45, 7) is 2.53. The van der Waals surface area contributed by atoms with Crippen LogP contribution in [-0.2, 0) is 12.6 Å². The van der Waals surface area contributed by atoms with Crippen LogP contribution in [0, 0.1) is 5.92 Å². The molecule has 1 aromatic heterocycles. The van der Waals surface area contributed by atoms with E-state index in [1.807, 2.05) is 0 Å². The number of nitrogens with zero attached hydrogens (tertiary/aromatic N) is 2. The largest absolute Gasteiger partial charge is 0.383 e. The first kappa shape index (κ1) is 14.8. The molecule has 0 spiro atoms. The van der Waals surface area contributed by atoms with Gasteiger partial charge >= 0.3 is 6.03 Å². The predicted molar refractivity (Wildman–Crippen MR) is 76.1 cm³/mol. The normalized spacial score (nSPS) is 18.1. The minimum absolute atomic E-state index is 0.161. The molecule has 1 aliphatic rings. The molecular weight excluding hydrogens is 256 g/mol. The monoisotopic (exact) mass is 280 g/mol. The second-order valence-electron chi connectivity index (χ2n) is 5.87. The first-order valence-corrected chi connectivity index (χ1v) is 7.20. The second kappa shape index (κ2) is 6.26. The number of nitrogens with one attached hydrogen (secondary N) is 2. The number of amides is 2. The first-order chi connectivity index (χ1) is 9.47. The smallest absolute Gasteiger partial charge is 0.314 e. The molecule has 2 rings (SSSR count). The number of aliphatic hydroxyl groups is 1. The van der Waals surface area contributed by atoms with E-state index in [-0.39, 0.29) is 12.6 Å². The van der Waals surface area contributed by atoms with Crippen LogP contribution in [0.4, 0.5) is 4.79 Å². The van der Waals surface area contributed by atoms with Crippen LogP contribution in [0.25, 0.3) is 0 Å². The van der Waals surface area contributed by atoms with Crippen molar-refractivity contribution >= 4 is 6.03 Å². The lowest BCUT2D eigenvalue weighted by atomic mass is 9.83. The molecule has 1 atom stereocenters. The third-order valence-corrected chi connectivity index (χ3v) is 3.98. The van der Waals surface area contributed by atoms with Crippen molar-refractivity contribution in [3.05, 3.63) is 18.0 Å². The molecule has 112 valence electrons. The summed E-state index contributed by atoms with van der Waals surface area (Å²) in [6.07, 6.45) is 8.31. The van der Waals surface area contributed by atoms with Gasteiger partial charge < -0.3 is 15.7 Å². The van der Waals surface area contributed by atoms with Crippen LogP contribution in [0.2, 0.25) is 0 Å². The summed E-state index contributed by atoms with van der Waals surface area (Å²) < 4.78 is 1.63. The highest BCUT2D eigenvalue weighted by Gasteiger charge is 2.25. The summed E-state index contributed by atoms with van der Waals surface area (Å²) in [5.74, 6) is 0.786. The fraction of sp³-hybridized carbons (Fsp3) is 0.714. The number of carbonyl (C=O) groups is 1. The number of hydrogen-bond donors (Lipinski definition) is 3. The van der Waals surface area contributed by atoms with Crippen molar-refractivity contribution in [3.63, 3.8) is 0 Å². The van der Waals surface area contributed by atoms with Crippen molar-refractivity contribution in [1.82, 2.24) is 20.4 Å². The Morgan fingerprint density at radius 3 is 2.85 bits per heavy atom. The lowest BCUT2D eigenvalue weighted by molar-refractivity contribution is 0.0593. The fourth-order valence-electron chi connectivity index (χ4n) is 2.29. The van der Waals surface area contributed by atoms with Crippen molar-refractivity contribution < 1.29 is 9.90 Å². The molecule has 1 unspecified atom stereocenters. The number of carbonyl (C=O) groups excluding carboxylic acids is 1. The lowest BCUT2D eigenvalue weighted by Gasteiger charge is -2.25. The number of rotatable bonds is 6. The van der Waals surface area contributed by atoms with Crippen molar-refractivity contribution in [2.45, 2.75) is 38.2 Å². The second-order valence-corrected chi connectivity index (χ2v) is 5.87. The van der Waals surface area contributed by atoms with Gasteiger partial charge in [0.15, 0.2) is 0 Å². The maximum atomic E-state index is 11.7. The molecule has 1 saturated carbocycles. The van der Waals surface area contributed by atoms with Crippen molar-refractivity contribution in [1.29, 1.82) is 0 Å². The van der Waals surface area contributed by atoms with E-state index in [1.54, 1.807) is 31.0 Å². The van der Waals surface area contributed by atoms with Crippen molar-refractivity contribution in [2.75, 3.05) is 13.1 Å². The Bertz CT molecular complexity index is 452. The van der Waals surface area contributed by atoms with Crippen molar-refractivity contribution in [3.8, 4) is 0 Å².